The third-order valence-electron chi connectivity index (χ3n) is 5.98. The molecule has 5 rings (SSSR count). The van der Waals surface area contributed by atoms with E-state index in [1.54, 1.807) is 23.1 Å². The summed E-state index contributed by atoms with van der Waals surface area (Å²) >= 11 is 0. The highest BCUT2D eigenvalue weighted by atomic mass is 16.3. The lowest BCUT2D eigenvalue weighted by atomic mass is 10.1. The van der Waals surface area contributed by atoms with E-state index in [2.05, 4.69) is 44.4 Å². The maximum Gasteiger partial charge on any atom is 0.256 e. The lowest BCUT2D eigenvalue weighted by Gasteiger charge is -2.34. The zero-order valence-electron chi connectivity index (χ0n) is 18.5. The van der Waals surface area contributed by atoms with Gasteiger partial charge in [0, 0.05) is 44.6 Å². The Hall–Kier alpha value is -3.65. The summed E-state index contributed by atoms with van der Waals surface area (Å²) in [5.74, 6) is 0.407. The minimum absolute atomic E-state index is 0.200. The van der Waals surface area contributed by atoms with E-state index in [0.29, 0.717) is 22.7 Å². The summed E-state index contributed by atoms with van der Waals surface area (Å²) in [5, 5.41) is 8.25. The normalized spacial score (nSPS) is 14.8. The molecule has 0 spiro atoms. The Morgan fingerprint density at radius 2 is 1.81 bits per heavy atom. The highest BCUT2D eigenvalue weighted by molar-refractivity contribution is 6.13. The first-order valence-corrected chi connectivity index (χ1v) is 10.7. The smallest absolute Gasteiger partial charge is 0.256 e. The minimum atomic E-state index is -0.200. The molecule has 8 nitrogen and oxygen atoms in total. The second kappa shape index (κ2) is 8.12. The first kappa shape index (κ1) is 20.3. The van der Waals surface area contributed by atoms with Gasteiger partial charge in [0.25, 0.3) is 5.91 Å². The summed E-state index contributed by atoms with van der Waals surface area (Å²) in [5.41, 5.74) is 4.45. The number of piperazine rings is 1. The van der Waals surface area contributed by atoms with Gasteiger partial charge in [0.05, 0.1) is 22.9 Å². The Bertz CT molecular complexity index is 1250. The zero-order valence-corrected chi connectivity index (χ0v) is 18.5. The molecule has 4 aromatic rings. The molecule has 0 aliphatic carbocycles. The van der Waals surface area contributed by atoms with Crippen LogP contribution in [0.3, 0.4) is 0 Å². The van der Waals surface area contributed by atoms with Crippen LogP contribution in [0.2, 0.25) is 0 Å². The number of nitrogens with zero attached hydrogens (tertiary/aromatic N) is 5. The Morgan fingerprint density at radius 3 is 2.50 bits per heavy atom. The van der Waals surface area contributed by atoms with Crippen LogP contribution in [0, 0.1) is 6.92 Å². The highest BCUT2D eigenvalue weighted by Crippen LogP contribution is 2.28. The van der Waals surface area contributed by atoms with Crippen LogP contribution in [0.15, 0.2) is 53.1 Å². The van der Waals surface area contributed by atoms with Gasteiger partial charge in [-0.2, -0.15) is 5.10 Å². The SMILES string of the molecule is Cc1nn(C)c2nc(-c3ccco3)cc(C(=O)Nc3ccc(N4CCN(C)CC4)cc3)c12. The maximum atomic E-state index is 13.3. The number of aryl methyl sites for hydroxylation is 2. The quantitative estimate of drug-likeness (QED) is 0.534. The van der Waals surface area contributed by atoms with Crippen LogP contribution in [0.25, 0.3) is 22.5 Å². The molecule has 0 radical (unpaired) electrons. The summed E-state index contributed by atoms with van der Waals surface area (Å²) in [4.78, 5) is 22.7. The average molecular weight is 431 g/mol. The van der Waals surface area contributed by atoms with Crippen molar-refractivity contribution in [1.29, 1.82) is 0 Å². The number of furan rings is 1. The van der Waals surface area contributed by atoms with Gasteiger partial charge in [-0.15, -0.1) is 0 Å². The van der Waals surface area contributed by atoms with Gasteiger partial charge in [-0.3, -0.25) is 9.48 Å². The standard InChI is InChI=1S/C24H26N6O2/c1-16-22-19(15-20(21-5-4-14-32-21)26-23(22)29(3)27-16)24(31)25-17-6-8-18(9-7-17)30-12-10-28(2)11-13-30/h4-9,14-15H,10-13H2,1-3H3,(H,25,31). The predicted molar refractivity (Wildman–Crippen MR) is 125 cm³/mol. The monoisotopic (exact) mass is 430 g/mol. The Morgan fingerprint density at radius 1 is 1.06 bits per heavy atom. The van der Waals surface area contributed by atoms with Crippen molar-refractivity contribution in [3.63, 3.8) is 0 Å². The molecule has 3 aromatic heterocycles. The number of amides is 1. The molecular weight excluding hydrogens is 404 g/mol. The van der Waals surface area contributed by atoms with E-state index in [4.69, 9.17) is 4.42 Å². The molecule has 0 bridgehead atoms. The van der Waals surface area contributed by atoms with Crippen LogP contribution in [-0.2, 0) is 7.05 Å². The van der Waals surface area contributed by atoms with Gasteiger partial charge in [0.1, 0.15) is 5.69 Å². The van der Waals surface area contributed by atoms with Crippen LogP contribution in [0.5, 0.6) is 0 Å². The fourth-order valence-electron chi connectivity index (χ4n) is 4.19. The highest BCUT2D eigenvalue weighted by Gasteiger charge is 2.20. The molecule has 1 aliphatic rings. The van der Waals surface area contributed by atoms with Crippen molar-refractivity contribution in [2.24, 2.45) is 7.05 Å². The molecule has 1 amide bonds. The van der Waals surface area contributed by atoms with Gasteiger partial charge in [-0.1, -0.05) is 0 Å². The number of rotatable bonds is 4. The molecule has 4 heterocycles. The molecule has 0 unspecified atom stereocenters. The second-order valence-corrected chi connectivity index (χ2v) is 8.23. The van der Waals surface area contributed by atoms with E-state index in [9.17, 15) is 4.79 Å². The average Bonchev–Trinajstić information content (AvgIpc) is 3.43. The van der Waals surface area contributed by atoms with Crippen LogP contribution < -0.4 is 10.2 Å². The lowest BCUT2D eigenvalue weighted by molar-refractivity contribution is 0.102. The van der Waals surface area contributed by atoms with Crippen LogP contribution in [0.1, 0.15) is 16.1 Å². The Labute approximate surface area is 186 Å². The third-order valence-corrected chi connectivity index (χ3v) is 5.98. The van der Waals surface area contributed by atoms with Gasteiger partial charge in [0.15, 0.2) is 11.4 Å². The summed E-state index contributed by atoms with van der Waals surface area (Å²) < 4.78 is 7.21. The summed E-state index contributed by atoms with van der Waals surface area (Å²) in [7, 11) is 3.97. The molecule has 32 heavy (non-hydrogen) atoms. The molecule has 1 N–H and O–H groups in total. The number of carbonyl (C=O) groups excluding carboxylic acids is 1. The molecule has 1 saturated heterocycles. The number of anilines is 2. The van der Waals surface area contributed by atoms with Crippen LogP contribution >= 0.6 is 0 Å². The van der Waals surface area contributed by atoms with E-state index in [1.165, 1.54) is 5.69 Å². The first-order valence-electron chi connectivity index (χ1n) is 10.7. The molecule has 8 heteroatoms. The predicted octanol–water partition coefficient (Wildman–Crippen LogP) is 3.54. The van der Waals surface area contributed by atoms with E-state index < -0.39 is 0 Å². The maximum absolute atomic E-state index is 13.3. The zero-order chi connectivity index (χ0) is 22.2. The van der Waals surface area contributed by atoms with Gasteiger partial charge in [-0.05, 0) is 56.4 Å². The summed E-state index contributed by atoms with van der Waals surface area (Å²) in [6.45, 7) is 6.01. The van der Waals surface area contributed by atoms with Crippen molar-refractivity contribution in [3.05, 3.63) is 60.0 Å². The van der Waals surface area contributed by atoms with Crippen LogP contribution in [0.4, 0.5) is 11.4 Å². The molecule has 0 atom stereocenters. The minimum Gasteiger partial charge on any atom is -0.463 e. The number of likely N-dealkylation sites (N-methyl/N-ethyl adjacent to an activating group) is 1. The number of benzene rings is 1. The number of fused-ring (bicyclic) bond motifs is 1. The van der Waals surface area contributed by atoms with E-state index in [1.807, 2.05) is 32.2 Å². The molecule has 1 aromatic carbocycles. The van der Waals surface area contributed by atoms with Crippen molar-refractivity contribution in [1.82, 2.24) is 19.7 Å². The molecule has 1 fully saturated rings. The van der Waals surface area contributed by atoms with E-state index in [0.717, 1.165) is 42.9 Å². The lowest BCUT2D eigenvalue weighted by Crippen LogP contribution is -2.44. The van der Waals surface area contributed by atoms with E-state index >= 15 is 0 Å². The number of pyridine rings is 1. The summed E-state index contributed by atoms with van der Waals surface area (Å²) in [6, 6.07) is 13.4. The van der Waals surface area contributed by atoms with E-state index in [-0.39, 0.29) is 5.91 Å². The van der Waals surface area contributed by atoms with Gasteiger partial charge < -0.3 is 19.5 Å². The van der Waals surface area contributed by atoms with Crippen molar-refractivity contribution >= 4 is 28.3 Å². The Kier molecular flexibility index (Phi) is 5.14. The van der Waals surface area contributed by atoms with Gasteiger partial charge >= 0.3 is 0 Å². The fourth-order valence-corrected chi connectivity index (χ4v) is 4.19. The number of hydrogen-bond donors (Lipinski definition) is 1. The van der Waals surface area contributed by atoms with Gasteiger partial charge in [-0.25, -0.2) is 4.98 Å². The Balaban J connectivity index is 1.43. The number of aromatic nitrogens is 3. The molecular formula is C24H26N6O2. The molecule has 0 saturated carbocycles. The fraction of sp³-hybridized carbons (Fsp3) is 0.292. The summed E-state index contributed by atoms with van der Waals surface area (Å²) in [6.07, 6.45) is 1.59. The number of nitrogens with one attached hydrogen (secondary N) is 1. The number of hydrogen-bond acceptors (Lipinski definition) is 6. The molecule has 1 aliphatic heterocycles. The first-order chi connectivity index (χ1) is 15.5. The topological polar surface area (TPSA) is 79.4 Å². The second-order valence-electron chi connectivity index (χ2n) is 8.23. The van der Waals surface area contributed by atoms with Crippen molar-refractivity contribution in [2.45, 2.75) is 6.92 Å². The number of carbonyl (C=O) groups is 1. The van der Waals surface area contributed by atoms with Crippen molar-refractivity contribution < 1.29 is 9.21 Å². The third kappa shape index (κ3) is 3.73. The van der Waals surface area contributed by atoms with Crippen molar-refractivity contribution in [2.75, 3.05) is 43.4 Å². The molecule has 164 valence electrons. The van der Waals surface area contributed by atoms with Gasteiger partial charge in [0.2, 0.25) is 0 Å². The largest absolute Gasteiger partial charge is 0.463 e. The van der Waals surface area contributed by atoms with Crippen LogP contribution in [-0.4, -0.2) is 58.8 Å². The van der Waals surface area contributed by atoms with Crippen molar-refractivity contribution in [3.8, 4) is 11.5 Å².